The van der Waals surface area contributed by atoms with Gasteiger partial charge < -0.3 is 19.5 Å². The maximum atomic E-state index is 13.3. The van der Waals surface area contributed by atoms with Crippen molar-refractivity contribution in [3.8, 4) is 17.2 Å². The topological polar surface area (TPSA) is 73.9 Å². The van der Waals surface area contributed by atoms with Gasteiger partial charge in [-0.1, -0.05) is 66.7 Å². The Morgan fingerprint density at radius 3 is 2.17 bits per heavy atom. The van der Waals surface area contributed by atoms with Crippen molar-refractivity contribution >= 4 is 17.6 Å². The van der Waals surface area contributed by atoms with Crippen LogP contribution in [0.3, 0.4) is 0 Å². The Morgan fingerprint density at radius 1 is 0.771 bits per heavy atom. The summed E-state index contributed by atoms with van der Waals surface area (Å²) in [6.07, 6.45) is -1.17. The van der Waals surface area contributed by atoms with Crippen molar-refractivity contribution in [2.75, 3.05) is 11.9 Å². The molecule has 35 heavy (non-hydrogen) atoms. The summed E-state index contributed by atoms with van der Waals surface area (Å²) in [5.74, 6) is 0.524. The Morgan fingerprint density at radius 2 is 1.43 bits per heavy atom. The molecule has 176 valence electrons. The summed E-state index contributed by atoms with van der Waals surface area (Å²) in [5.41, 5.74) is 1.31. The van der Waals surface area contributed by atoms with E-state index in [4.69, 9.17) is 14.2 Å². The molecule has 0 aliphatic carbocycles. The van der Waals surface area contributed by atoms with Crippen LogP contribution in [0.1, 0.15) is 28.9 Å². The smallest absolute Gasteiger partial charge is 0.339 e. The number of hydrogen-bond donors (Lipinski definition) is 1. The molecule has 6 nitrogen and oxygen atoms in total. The molecule has 4 aromatic rings. The van der Waals surface area contributed by atoms with Crippen molar-refractivity contribution in [3.05, 3.63) is 120 Å². The molecule has 0 radical (unpaired) electrons. The van der Waals surface area contributed by atoms with E-state index >= 15 is 0 Å². The van der Waals surface area contributed by atoms with Crippen LogP contribution in [0.2, 0.25) is 0 Å². The SMILES string of the molecule is CCOc1ccccc1NC(=O)[C@H](OC(=O)c1cccc(Oc2ccccc2)c1)c1ccccc1. The summed E-state index contributed by atoms with van der Waals surface area (Å²) in [4.78, 5) is 26.4. The number of hydrogen-bond acceptors (Lipinski definition) is 5. The normalized spacial score (nSPS) is 11.2. The average Bonchev–Trinajstić information content (AvgIpc) is 2.89. The van der Waals surface area contributed by atoms with Crippen LogP contribution in [-0.2, 0) is 9.53 Å². The molecule has 0 saturated heterocycles. The predicted molar refractivity (Wildman–Crippen MR) is 134 cm³/mol. The highest BCUT2D eigenvalue weighted by Crippen LogP contribution is 2.28. The van der Waals surface area contributed by atoms with E-state index in [1.165, 1.54) is 0 Å². The van der Waals surface area contributed by atoms with E-state index in [1.54, 1.807) is 66.7 Å². The van der Waals surface area contributed by atoms with Gasteiger partial charge in [0.25, 0.3) is 5.91 Å². The Balaban J connectivity index is 1.55. The molecule has 0 heterocycles. The van der Waals surface area contributed by atoms with Gasteiger partial charge in [0.1, 0.15) is 17.2 Å². The molecular weight excluding hydrogens is 442 g/mol. The number of benzene rings is 4. The zero-order valence-corrected chi connectivity index (χ0v) is 19.2. The Hall–Kier alpha value is -4.58. The molecule has 4 rings (SSSR count). The highest BCUT2D eigenvalue weighted by atomic mass is 16.5. The summed E-state index contributed by atoms with van der Waals surface area (Å²) >= 11 is 0. The molecule has 0 unspecified atom stereocenters. The highest BCUT2D eigenvalue weighted by molar-refractivity contribution is 5.99. The summed E-state index contributed by atoms with van der Waals surface area (Å²) < 4.78 is 17.1. The molecule has 1 atom stereocenters. The van der Waals surface area contributed by atoms with Gasteiger partial charge in [0.15, 0.2) is 0 Å². The van der Waals surface area contributed by atoms with E-state index in [0.717, 1.165) is 0 Å². The lowest BCUT2D eigenvalue weighted by molar-refractivity contribution is -0.125. The number of nitrogens with one attached hydrogen (secondary N) is 1. The van der Waals surface area contributed by atoms with Crippen molar-refractivity contribution in [1.29, 1.82) is 0 Å². The summed E-state index contributed by atoms with van der Waals surface area (Å²) in [6.45, 7) is 2.31. The van der Waals surface area contributed by atoms with Crippen LogP contribution in [0.5, 0.6) is 17.2 Å². The molecule has 0 spiro atoms. The molecule has 0 saturated carbocycles. The first kappa shape index (κ1) is 23.6. The second-order valence-electron chi connectivity index (χ2n) is 7.56. The maximum Gasteiger partial charge on any atom is 0.339 e. The van der Waals surface area contributed by atoms with E-state index in [9.17, 15) is 9.59 Å². The summed E-state index contributed by atoms with van der Waals surface area (Å²) in [5, 5.41) is 2.83. The van der Waals surface area contributed by atoms with E-state index < -0.39 is 18.0 Å². The lowest BCUT2D eigenvalue weighted by Gasteiger charge is -2.19. The van der Waals surface area contributed by atoms with Gasteiger partial charge in [-0.15, -0.1) is 0 Å². The van der Waals surface area contributed by atoms with Gasteiger partial charge in [-0.25, -0.2) is 4.79 Å². The molecule has 0 bridgehead atoms. The van der Waals surface area contributed by atoms with Crippen molar-refractivity contribution in [2.45, 2.75) is 13.0 Å². The molecule has 0 aromatic heterocycles. The zero-order valence-electron chi connectivity index (χ0n) is 19.2. The van der Waals surface area contributed by atoms with Gasteiger partial charge in [-0.2, -0.15) is 0 Å². The Bertz CT molecular complexity index is 1270. The van der Waals surface area contributed by atoms with Crippen LogP contribution < -0.4 is 14.8 Å². The van der Waals surface area contributed by atoms with Crippen molar-refractivity contribution in [1.82, 2.24) is 0 Å². The minimum absolute atomic E-state index is 0.266. The standard InChI is InChI=1S/C29H25NO5/c1-2-33-26-19-10-9-18-25(26)30-28(31)27(21-12-5-3-6-13-21)35-29(32)22-14-11-17-24(20-22)34-23-15-7-4-8-16-23/h3-20,27H,2H2,1H3,(H,30,31)/t27-/m1/s1. The number of esters is 1. The van der Waals surface area contributed by atoms with Gasteiger partial charge in [0.05, 0.1) is 17.9 Å². The van der Waals surface area contributed by atoms with E-state index in [1.807, 2.05) is 49.4 Å². The lowest BCUT2D eigenvalue weighted by Crippen LogP contribution is -2.26. The molecule has 6 heteroatoms. The minimum atomic E-state index is -1.17. The van der Waals surface area contributed by atoms with Crippen molar-refractivity contribution < 1.29 is 23.8 Å². The average molecular weight is 468 g/mol. The second kappa shape index (κ2) is 11.5. The van der Waals surface area contributed by atoms with Gasteiger partial charge >= 0.3 is 5.97 Å². The molecule has 4 aromatic carbocycles. The van der Waals surface area contributed by atoms with Crippen LogP contribution >= 0.6 is 0 Å². The molecule has 1 amide bonds. The molecular formula is C29H25NO5. The first-order valence-corrected chi connectivity index (χ1v) is 11.3. The first-order chi connectivity index (χ1) is 17.1. The van der Waals surface area contributed by atoms with Crippen LogP contribution in [-0.4, -0.2) is 18.5 Å². The number of ether oxygens (including phenoxy) is 3. The maximum absolute atomic E-state index is 13.3. The third-order valence-corrected chi connectivity index (χ3v) is 5.06. The van der Waals surface area contributed by atoms with Crippen LogP contribution in [0.15, 0.2) is 109 Å². The predicted octanol–water partition coefficient (Wildman–Crippen LogP) is 6.41. The van der Waals surface area contributed by atoms with Gasteiger partial charge in [0.2, 0.25) is 6.10 Å². The van der Waals surface area contributed by atoms with Gasteiger partial charge in [-0.3, -0.25) is 4.79 Å². The number of carbonyl (C=O) groups is 2. The third kappa shape index (κ3) is 6.26. The number of carbonyl (C=O) groups excluding carboxylic acids is 2. The molecule has 0 aliphatic rings. The molecule has 0 fully saturated rings. The largest absolute Gasteiger partial charge is 0.492 e. The van der Waals surface area contributed by atoms with E-state index in [0.29, 0.717) is 35.1 Å². The Labute approximate surface area is 204 Å². The highest BCUT2D eigenvalue weighted by Gasteiger charge is 2.26. The quantitative estimate of drug-likeness (QED) is 0.288. The monoisotopic (exact) mass is 467 g/mol. The summed E-state index contributed by atoms with van der Waals surface area (Å²) in [7, 11) is 0. The van der Waals surface area contributed by atoms with Gasteiger partial charge in [0, 0.05) is 5.56 Å². The van der Waals surface area contributed by atoms with Crippen LogP contribution in [0.4, 0.5) is 5.69 Å². The number of anilines is 1. The Kier molecular flexibility index (Phi) is 7.76. The fourth-order valence-corrected chi connectivity index (χ4v) is 3.44. The fourth-order valence-electron chi connectivity index (χ4n) is 3.44. The van der Waals surface area contributed by atoms with Crippen molar-refractivity contribution in [3.63, 3.8) is 0 Å². The summed E-state index contributed by atoms with van der Waals surface area (Å²) in [6, 6.07) is 31.9. The molecule has 0 aliphatic heterocycles. The first-order valence-electron chi connectivity index (χ1n) is 11.3. The molecule has 1 N–H and O–H groups in total. The third-order valence-electron chi connectivity index (χ3n) is 5.06. The van der Waals surface area contributed by atoms with Crippen LogP contribution in [0.25, 0.3) is 0 Å². The lowest BCUT2D eigenvalue weighted by atomic mass is 10.1. The minimum Gasteiger partial charge on any atom is -0.492 e. The van der Waals surface area contributed by atoms with Crippen LogP contribution in [0, 0.1) is 0 Å². The van der Waals surface area contributed by atoms with Gasteiger partial charge in [-0.05, 0) is 49.4 Å². The zero-order chi connectivity index (χ0) is 24.5. The second-order valence-corrected chi connectivity index (χ2v) is 7.56. The van der Waals surface area contributed by atoms with Crippen molar-refractivity contribution in [2.24, 2.45) is 0 Å². The van der Waals surface area contributed by atoms with E-state index in [2.05, 4.69) is 5.32 Å². The number of rotatable bonds is 9. The van der Waals surface area contributed by atoms with E-state index in [-0.39, 0.29) is 5.56 Å². The fraction of sp³-hybridized carbons (Fsp3) is 0.103. The number of para-hydroxylation sites is 3. The number of amides is 1.